The van der Waals surface area contributed by atoms with E-state index in [0.29, 0.717) is 33.5 Å². The normalized spacial score (nSPS) is 17.2. The van der Waals surface area contributed by atoms with E-state index in [4.69, 9.17) is 14.9 Å². The molecule has 0 bridgehead atoms. The molecule has 0 aliphatic carbocycles. The molecule has 1 aliphatic heterocycles. The Morgan fingerprint density at radius 3 is 2.61 bits per heavy atom. The number of amides is 1. The molecule has 2 N–H and O–H groups in total. The average Bonchev–Trinajstić information content (AvgIpc) is 3.00. The van der Waals surface area contributed by atoms with Crippen LogP contribution in [-0.4, -0.2) is 51.3 Å². The van der Waals surface area contributed by atoms with Crippen molar-refractivity contribution in [2.75, 3.05) is 7.05 Å². The van der Waals surface area contributed by atoms with Crippen LogP contribution in [0, 0.1) is 0 Å². The first kappa shape index (κ1) is 22.1. The number of aliphatic imine (C=N–C) groups is 1. The predicted molar refractivity (Wildman–Crippen MR) is 118 cm³/mol. The van der Waals surface area contributed by atoms with E-state index in [0.717, 1.165) is 0 Å². The molecule has 0 radical (unpaired) electrons. The Morgan fingerprint density at radius 1 is 1.19 bits per heavy atom. The molecule has 1 unspecified atom stereocenters. The van der Waals surface area contributed by atoms with E-state index in [1.165, 1.54) is 28.8 Å². The summed E-state index contributed by atoms with van der Waals surface area (Å²) in [5.41, 5.74) is 1.22. The lowest BCUT2D eigenvalue weighted by Gasteiger charge is -2.13. The van der Waals surface area contributed by atoms with Gasteiger partial charge in [-0.1, -0.05) is 25.1 Å². The summed E-state index contributed by atoms with van der Waals surface area (Å²) < 4.78 is 5.51. The van der Waals surface area contributed by atoms with Gasteiger partial charge in [-0.25, -0.2) is 14.6 Å². The minimum Gasteiger partial charge on any atom is -0.479 e. The fraction of sp³-hybridized carbons (Fsp3) is 0.182. The van der Waals surface area contributed by atoms with Gasteiger partial charge in [0, 0.05) is 7.05 Å². The second-order valence-electron chi connectivity index (χ2n) is 6.65. The van der Waals surface area contributed by atoms with Crippen molar-refractivity contribution in [2.45, 2.75) is 19.4 Å². The van der Waals surface area contributed by atoms with Gasteiger partial charge in [-0.05, 0) is 60.2 Å². The van der Waals surface area contributed by atoms with Crippen molar-refractivity contribution < 1.29 is 29.3 Å². The Morgan fingerprint density at radius 2 is 1.94 bits per heavy atom. The Hall–Kier alpha value is -3.59. The molecular weight excluding hydrogens is 420 g/mol. The van der Waals surface area contributed by atoms with E-state index in [-0.39, 0.29) is 11.5 Å². The molecule has 1 aliphatic rings. The van der Waals surface area contributed by atoms with Crippen molar-refractivity contribution in [1.82, 2.24) is 4.90 Å². The van der Waals surface area contributed by atoms with E-state index in [2.05, 4.69) is 4.99 Å². The lowest BCUT2D eigenvalue weighted by molar-refractivity contribution is -0.145. The van der Waals surface area contributed by atoms with Crippen LogP contribution in [0.25, 0.3) is 6.08 Å². The van der Waals surface area contributed by atoms with Crippen molar-refractivity contribution in [3.8, 4) is 5.75 Å². The summed E-state index contributed by atoms with van der Waals surface area (Å²) in [5.74, 6) is -1.95. The van der Waals surface area contributed by atoms with E-state index >= 15 is 0 Å². The second-order valence-corrected chi connectivity index (χ2v) is 7.66. The molecular formula is C22H20N2O6S. The van der Waals surface area contributed by atoms with Crippen molar-refractivity contribution in [3.05, 3.63) is 64.6 Å². The van der Waals surface area contributed by atoms with Crippen LogP contribution in [0.4, 0.5) is 5.69 Å². The number of aromatic carboxylic acids is 1. The number of carbonyl (C=O) groups is 3. The van der Waals surface area contributed by atoms with Crippen LogP contribution in [0.15, 0.2) is 58.4 Å². The zero-order valence-corrected chi connectivity index (χ0v) is 17.6. The smallest absolute Gasteiger partial charge is 0.344 e. The molecule has 1 heterocycles. The van der Waals surface area contributed by atoms with Crippen molar-refractivity contribution in [3.63, 3.8) is 0 Å². The van der Waals surface area contributed by atoms with E-state index in [1.54, 1.807) is 56.4 Å². The fourth-order valence-electron chi connectivity index (χ4n) is 2.77. The van der Waals surface area contributed by atoms with Crippen LogP contribution in [0.1, 0.15) is 29.3 Å². The van der Waals surface area contributed by atoms with Crippen LogP contribution in [0.3, 0.4) is 0 Å². The number of carboxylic acids is 2. The quantitative estimate of drug-likeness (QED) is 0.628. The van der Waals surface area contributed by atoms with Gasteiger partial charge in [0.2, 0.25) is 0 Å². The number of nitrogens with zero attached hydrogens (tertiary/aromatic N) is 2. The number of amidine groups is 1. The molecule has 160 valence electrons. The number of likely N-dealkylation sites (N-methyl/N-ethyl adjacent to an activating group) is 1. The highest BCUT2D eigenvalue weighted by Crippen LogP contribution is 2.33. The van der Waals surface area contributed by atoms with Gasteiger partial charge < -0.3 is 14.9 Å². The number of hydrogen-bond acceptors (Lipinski definition) is 6. The SMILES string of the molecule is CCC(Oc1cccc(/C=C2\SC(=Nc3cccc(C(=O)O)c3)N(C)C2=O)c1)C(=O)O. The molecule has 0 spiro atoms. The maximum Gasteiger partial charge on any atom is 0.344 e. The first-order valence-corrected chi connectivity index (χ1v) is 10.2. The minimum absolute atomic E-state index is 0.109. The number of carboxylic acid groups (broad SMARTS) is 2. The van der Waals surface area contributed by atoms with Crippen molar-refractivity contribution >= 4 is 46.5 Å². The van der Waals surface area contributed by atoms with Crippen LogP contribution in [0.2, 0.25) is 0 Å². The number of ether oxygens (including phenoxy) is 1. The van der Waals surface area contributed by atoms with E-state index < -0.39 is 18.0 Å². The van der Waals surface area contributed by atoms with Gasteiger partial charge in [0.1, 0.15) is 5.75 Å². The number of aliphatic carboxylic acids is 1. The lowest BCUT2D eigenvalue weighted by Crippen LogP contribution is -2.25. The standard InChI is InChI=1S/C22H20N2O6S/c1-3-17(21(28)29)30-16-9-4-6-13(10-16)11-18-19(25)24(2)22(31-18)23-15-8-5-7-14(12-15)20(26)27/h4-12,17H,3H2,1-2H3,(H,26,27)(H,28,29)/b18-11-,23-22?. The summed E-state index contributed by atoms with van der Waals surface area (Å²) in [6.45, 7) is 1.72. The topological polar surface area (TPSA) is 117 Å². The van der Waals surface area contributed by atoms with Crippen molar-refractivity contribution in [2.24, 2.45) is 4.99 Å². The second kappa shape index (κ2) is 9.48. The predicted octanol–water partition coefficient (Wildman–Crippen LogP) is 3.86. The zero-order chi connectivity index (χ0) is 22.5. The number of carbonyl (C=O) groups excluding carboxylic acids is 1. The van der Waals surface area contributed by atoms with E-state index in [9.17, 15) is 14.4 Å². The minimum atomic E-state index is -1.05. The maximum absolute atomic E-state index is 12.6. The molecule has 1 saturated heterocycles. The third-order valence-electron chi connectivity index (χ3n) is 4.40. The van der Waals surface area contributed by atoms with Gasteiger partial charge in [0.15, 0.2) is 11.3 Å². The monoisotopic (exact) mass is 440 g/mol. The Labute approximate surface area is 182 Å². The first-order chi connectivity index (χ1) is 14.8. The summed E-state index contributed by atoms with van der Waals surface area (Å²) in [6, 6.07) is 13.0. The Kier molecular flexibility index (Phi) is 6.76. The van der Waals surface area contributed by atoms with Gasteiger partial charge in [-0.3, -0.25) is 9.69 Å². The Balaban J connectivity index is 1.84. The highest BCUT2D eigenvalue weighted by atomic mass is 32.2. The third-order valence-corrected chi connectivity index (χ3v) is 5.46. The third kappa shape index (κ3) is 5.32. The number of hydrogen-bond donors (Lipinski definition) is 2. The molecule has 2 aromatic carbocycles. The van der Waals surface area contributed by atoms with Gasteiger partial charge in [0.05, 0.1) is 16.2 Å². The van der Waals surface area contributed by atoms with Crippen LogP contribution >= 0.6 is 11.8 Å². The van der Waals surface area contributed by atoms with Gasteiger partial charge in [0.25, 0.3) is 5.91 Å². The number of thioether (sulfide) groups is 1. The van der Waals surface area contributed by atoms with Gasteiger partial charge in [-0.15, -0.1) is 0 Å². The molecule has 0 aromatic heterocycles. The molecule has 31 heavy (non-hydrogen) atoms. The molecule has 9 heteroatoms. The van der Waals surface area contributed by atoms with Gasteiger partial charge >= 0.3 is 11.9 Å². The molecule has 3 rings (SSSR count). The zero-order valence-electron chi connectivity index (χ0n) is 16.8. The molecule has 1 atom stereocenters. The fourth-order valence-corrected chi connectivity index (χ4v) is 3.76. The molecule has 8 nitrogen and oxygen atoms in total. The lowest BCUT2D eigenvalue weighted by atomic mass is 10.2. The molecule has 2 aromatic rings. The Bertz CT molecular complexity index is 1090. The summed E-state index contributed by atoms with van der Waals surface area (Å²) in [5, 5.41) is 18.7. The van der Waals surface area contributed by atoms with Crippen LogP contribution in [0.5, 0.6) is 5.75 Å². The highest BCUT2D eigenvalue weighted by Gasteiger charge is 2.30. The van der Waals surface area contributed by atoms with Crippen LogP contribution < -0.4 is 4.74 Å². The van der Waals surface area contributed by atoms with E-state index in [1.807, 2.05) is 0 Å². The summed E-state index contributed by atoms with van der Waals surface area (Å²) >= 11 is 1.17. The average molecular weight is 440 g/mol. The van der Waals surface area contributed by atoms with Gasteiger partial charge in [-0.2, -0.15) is 0 Å². The largest absolute Gasteiger partial charge is 0.479 e. The molecule has 1 fully saturated rings. The molecule has 0 saturated carbocycles. The summed E-state index contributed by atoms with van der Waals surface area (Å²) in [4.78, 5) is 41.2. The number of benzene rings is 2. The first-order valence-electron chi connectivity index (χ1n) is 9.37. The maximum atomic E-state index is 12.6. The highest BCUT2D eigenvalue weighted by molar-refractivity contribution is 8.18. The summed E-state index contributed by atoms with van der Waals surface area (Å²) in [7, 11) is 1.59. The molecule has 1 amide bonds. The van der Waals surface area contributed by atoms with Crippen molar-refractivity contribution in [1.29, 1.82) is 0 Å². The number of rotatable bonds is 7. The summed E-state index contributed by atoms with van der Waals surface area (Å²) in [6.07, 6.45) is 1.05. The van der Waals surface area contributed by atoms with Crippen LogP contribution in [-0.2, 0) is 9.59 Å².